The second-order valence-corrected chi connectivity index (χ2v) is 5.11. The minimum Gasteiger partial charge on any atom is -0.507 e. The normalized spacial score (nSPS) is 10.6. The number of halogens is 1. The molecule has 9 nitrogen and oxygen atoms in total. The largest absolute Gasteiger partial charge is 0.507 e. The number of nitro benzene ring substituents is 1. The van der Waals surface area contributed by atoms with E-state index in [-0.39, 0.29) is 27.6 Å². The Labute approximate surface area is 146 Å². The smallest absolute Gasteiger partial charge is 0.323 e. The molecule has 0 aliphatic rings. The molecule has 2 aromatic carbocycles. The molecule has 130 valence electrons. The van der Waals surface area contributed by atoms with Crippen LogP contribution in [0, 0.1) is 10.1 Å². The molecule has 0 fully saturated rings. The number of nitrogens with zero attached hydrogens (tertiary/aromatic N) is 2. The van der Waals surface area contributed by atoms with Gasteiger partial charge in [0, 0.05) is 5.02 Å². The van der Waals surface area contributed by atoms with Gasteiger partial charge in [0.05, 0.1) is 29.4 Å². The predicted octanol–water partition coefficient (Wildman–Crippen LogP) is 2.43. The molecule has 0 spiro atoms. The molecular formula is C15H12ClN3O6. The third kappa shape index (κ3) is 3.96. The molecule has 0 aliphatic heterocycles. The Kier molecular flexibility index (Phi) is 5.40. The lowest BCUT2D eigenvalue weighted by Gasteiger charge is -2.06. The van der Waals surface area contributed by atoms with Crippen molar-refractivity contribution in [3.63, 3.8) is 0 Å². The summed E-state index contributed by atoms with van der Waals surface area (Å²) in [5.74, 6) is -1.79. The molecule has 2 rings (SSSR count). The molecule has 3 N–H and O–H groups in total. The average molecular weight is 366 g/mol. The van der Waals surface area contributed by atoms with E-state index in [0.29, 0.717) is 0 Å². The van der Waals surface area contributed by atoms with Crippen LogP contribution in [0.15, 0.2) is 35.4 Å². The van der Waals surface area contributed by atoms with Crippen LogP contribution in [0.1, 0.15) is 15.9 Å². The van der Waals surface area contributed by atoms with E-state index >= 15 is 0 Å². The zero-order valence-corrected chi connectivity index (χ0v) is 13.5. The van der Waals surface area contributed by atoms with Gasteiger partial charge in [-0.05, 0) is 30.3 Å². The maximum absolute atomic E-state index is 12.0. The van der Waals surface area contributed by atoms with Crippen molar-refractivity contribution in [2.45, 2.75) is 0 Å². The van der Waals surface area contributed by atoms with Crippen LogP contribution in [0.2, 0.25) is 5.02 Å². The minimum absolute atomic E-state index is 0.00438. The second kappa shape index (κ2) is 7.49. The van der Waals surface area contributed by atoms with Crippen molar-refractivity contribution in [3.05, 3.63) is 56.6 Å². The van der Waals surface area contributed by atoms with E-state index in [1.165, 1.54) is 37.4 Å². The molecule has 0 aliphatic carbocycles. The van der Waals surface area contributed by atoms with E-state index in [4.69, 9.17) is 16.3 Å². The lowest BCUT2D eigenvalue weighted by atomic mass is 10.1. The van der Waals surface area contributed by atoms with Crippen molar-refractivity contribution in [2.24, 2.45) is 5.10 Å². The Balaban J connectivity index is 2.27. The maximum Gasteiger partial charge on any atom is 0.323 e. The van der Waals surface area contributed by atoms with E-state index in [0.717, 1.165) is 6.21 Å². The number of nitro groups is 1. The van der Waals surface area contributed by atoms with Crippen LogP contribution in [0.5, 0.6) is 17.2 Å². The quantitative estimate of drug-likeness (QED) is 0.423. The van der Waals surface area contributed by atoms with E-state index in [2.05, 4.69) is 10.5 Å². The van der Waals surface area contributed by atoms with E-state index in [1.807, 2.05) is 0 Å². The molecule has 2 aromatic rings. The molecule has 0 bridgehead atoms. The van der Waals surface area contributed by atoms with Gasteiger partial charge in [0.25, 0.3) is 5.91 Å². The molecule has 0 aromatic heterocycles. The van der Waals surface area contributed by atoms with Gasteiger partial charge in [-0.2, -0.15) is 5.10 Å². The number of ether oxygens (including phenoxy) is 1. The Morgan fingerprint density at radius 3 is 2.64 bits per heavy atom. The molecular weight excluding hydrogens is 354 g/mol. The highest BCUT2D eigenvalue weighted by atomic mass is 35.5. The van der Waals surface area contributed by atoms with Gasteiger partial charge in [-0.15, -0.1) is 0 Å². The van der Waals surface area contributed by atoms with E-state index in [1.54, 1.807) is 0 Å². The number of hydrazone groups is 1. The topological polar surface area (TPSA) is 134 Å². The average Bonchev–Trinajstić information content (AvgIpc) is 2.57. The lowest BCUT2D eigenvalue weighted by molar-refractivity contribution is -0.386. The summed E-state index contributed by atoms with van der Waals surface area (Å²) in [6.45, 7) is 0. The standard InChI is InChI=1S/C15H12ClN3O6/c1-25-14-12(21)4-2-8(13(14)19(23)24)7-17-18-15(22)10-6-9(16)3-5-11(10)20/h2-7,20-21H,1H3,(H,18,22)/b17-7-. The molecule has 0 atom stereocenters. The third-order valence-corrected chi connectivity index (χ3v) is 3.34. The summed E-state index contributed by atoms with van der Waals surface area (Å²) in [6, 6.07) is 6.33. The first-order valence-corrected chi connectivity index (χ1v) is 7.09. The Bertz CT molecular complexity index is 869. The van der Waals surface area contributed by atoms with Crippen LogP contribution in [-0.2, 0) is 0 Å². The van der Waals surface area contributed by atoms with Gasteiger partial charge in [-0.1, -0.05) is 11.6 Å². The van der Waals surface area contributed by atoms with Gasteiger partial charge < -0.3 is 14.9 Å². The molecule has 1 amide bonds. The monoisotopic (exact) mass is 365 g/mol. The number of hydrogen-bond acceptors (Lipinski definition) is 7. The number of phenols is 2. The summed E-state index contributed by atoms with van der Waals surface area (Å²) in [5.41, 5.74) is 1.50. The first-order chi connectivity index (χ1) is 11.8. The number of aromatic hydroxyl groups is 2. The number of rotatable bonds is 5. The molecule has 0 saturated carbocycles. The first kappa shape index (κ1) is 18.0. The van der Waals surface area contributed by atoms with Gasteiger partial charge in [-0.25, -0.2) is 5.43 Å². The summed E-state index contributed by atoms with van der Waals surface area (Å²) in [6.07, 6.45) is 1.01. The zero-order valence-electron chi connectivity index (χ0n) is 12.8. The maximum atomic E-state index is 12.0. The lowest BCUT2D eigenvalue weighted by Crippen LogP contribution is -2.17. The first-order valence-electron chi connectivity index (χ1n) is 6.71. The number of methoxy groups -OCH3 is 1. The highest BCUT2D eigenvalue weighted by Crippen LogP contribution is 2.37. The van der Waals surface area contributed by atoms with E-state index < -0.39 is 22.3 Å². The van der Waals surface area contributed by atoms with Crippen molar-refractivity contribution in [1.29, 1.82) is 0 Å². The number of hydrogen-bond donors (Lipinski definition) is 3. The number of carbonyl (C=O) groups excluding carboxylic acids is 1. The van der Waals surface area contributed by atoms with Crippen molar-refractivity contribution in [2.75, 3.05) is 7.11 Å². The Morgan fingerprint density at radius 2 is 2.00 bits per heavy atom. The number of nitrogens with one attached hydrogen (secondary N) is 1. The molecule has 10 heteroatoms. The summed E-state index contributed by atoms with van der Waals surface area (Å²) in [7, 11) is 1.17. The molecule has 0 heterocycles. The zero-order chi connectivity index (χ0) is 18.6. The van der Waals surface area contributed by atoms with Crippen LogP contribution in [0.3, 0.4) is 0 Å². The Hall–Kier alpha value is -3.33. The van der Waals surface area contributed by atoms with Crippen LogP contribution >= 0.6 is 11.6 Å². The summed E-state index contributed by atoms with van der Waals surface area (Å²) in [5, 5.41) is 34.3. The number of phenolic OH excluding ortho intramolecular Hbond substituents is 2. The number of amides is 1. The van der Waals surface area contributed by atoms with Crippen molar-refractivity contribution < 1.29 is 24.7 Å². The summed E-state index contributed by atoms with van der Waals surface area (Å²) < 4.78 is 4.82. The number of benzene rings is 2. The summed E-state index contributed by atoms with van der Waals surface area (Å²) in [4.78, 5) is 22.4. The predicted molar refractivity (Wildman–Crippen MR) is 89.5 cm³/mol. The SMILES string of the molecule is COc1c(O)ccc(/C=N\NC(=O)c2cc(Cl)ccc2O)c1[N+](=O)[O-]. The van der Waals surface area contributed by atoms with Gasteiger partial charge >= 0.3 is 5.69 Å². The fraction of sp³-hybridized carbons (Fsp3) is 0.0667. The Morgan fingerprint density at radius 1 is 1.32 bits per heavy atom. The highest BCUT2D eigenvalue weighted by Gasteiger charge is 2.23. The highest BCUT2D eigenvalue weighted by molar-refractivity contribution is 6.31. The molecule has 0 radical (unpaired) electrons. The molecule has 0 saturated heterocycles. The van der Waals surface area contributed by atoms with Crippen LogP contribution in [0.4, 0.5) is 5.69 Å². The van der Waals surface area contributed by atoms with Gasteiger partial charge in [0.2, 0.25) is 5.75 Å². The number of carbonyl (C=O) groups is 1. The van der Waals surface area contributed by atoms with Crippen LogP contribution in [0.25, 0.3) is 0 Å². The van der Waals surface area contributed by atoms with Gasteiger partial charge in [-0.3, -0.25) is 14.9 Å². The molecule has 0 unspecified atom stereocenters. The van der Waals surface area contributed by atoms with Crippen molar-refractivity contribution in [3.8, 4) is 17.2 Å². The summed E-state index contributed by atoms with van der Waals surface area (Å²) >= 11 is 5.75. The van der Waals surface area contributed by atoms with Crippen molar-refractivity contribution in [1.82, 2.24) is 5.43 Å². The third-order valence-electron chi connectivity index (χ3n) is 3.10. The van der Waals surface area contributed by atoms with E-state index in [9.17, 15) is 25.1 Å². The van der Waals surface area contributed by atoms with Gasteiger partial charge in [0.1, 0.15) is 5.75 Å². The van der Waals surface area contributed by atoms with Crippen molar-refractivity contribution >= 4 is 29.4 Å². The minimum atomic E-state index is -0.760. The van der Waals surface area contributed by atoms with Crippen LogP contribution < -0.4 is 10.2 Å². The fourth-order valence-corrected chi connectivity index (χ4v) is 2.15. The van der Waals surface area contributed by atoms with Gasteiger partial charge in [0.15, 0.2) is 5.75 Å². The fourth-order valence-electron chi connectivity index (χ4n) is 1.98. The van der Waals surface area contributed by atoms with Crippen LogP contribution in [-0.4, -0.2) is 34.4 Å². The molecule has 25 heavy (non-hydrogen) atoms. The second-order valence-electron chi connectivity index (χ2n) is 4.67.